The SMILES string of the molecule is Cn1cc(-c2ccc(C(F)(F)F)cc2)c2ccc(C(=O)NS(=O)(=O)c3cccs3)cc21. The van der Waals surface area contributed by atoms with Gasteiger partial charge in [-0.1, -0.05) is 24.3 Å². The third kappa shape index (κ3) is 4.08. The predicted octanol–water partition coefficient (Wildman–Crippen LogP) is 5.04. The van der Waals surface area contributed by atoms with Crippen LogP contribution in [0.4, 0.5) is 13.2 Å². The maximum Gasteiger partial charge on any atom is 0.416 e. The number of thiophene rings is 1. The largest absolute Gasteiger partial charge is 0.416 e. The fraction of sp³-hybridized carbons (Fsp3) is 0.0952. The van der Waals surface area contributed by atoms with Crippen molar-refractivity contribution in [3.63, 3.8) is 0 Å². The minimum atomic E-state index is -4.41. The average Bonchev–Trinajstić information content (AvgIpc) is 3.36. The maximum absolute atomic E-state index is 12.8. The van der Waals surface area contributed by atoms with Gasteiger partial charge in [0.15, 0.2) is 0 Å². The Morgan fingerprint density at radius 1 is 1.06 bits per heavy atom. The molecule has 2 aromatic carbocycles. The third-order valence-corrected chi connectivity index (χ3v) is 7.49. The highest BCUT2D eigenvalue weighted by Crippen LogP contribution is 2.34. The molecule has 2 heterocycles. The number of fused-ring (bicyclic) bond motifs is 1. The van der Waals surface area contributed by atoms with Crippen molar-refractivity contribution in [3.05, 3.63) is 77.3 Å². The topological polar surface area (TPSA) is 68.2 Å². The Bertz CT molecular complexity index is 1370. The summed E-state index contributed by atoms with van der Waals surface area (Å²) in [6.45, 7) is 0. The quantitative estimate of drug-likeness (QED) is 0.460. The van der Waals surface area contributed by atoms with Crippen molar-refractivity contribution in [2.75, 3.05) is 0 Å². The van der Waals surface area contributed by atoms with Crippen LogP contribution in [0.1, 0.15) is 15.9 Å². The number of alkyl halides is 3. The van der Waals surface area contributed by atoms with Gasteiger partial charge in [0.2, 0.25) is 0 Å². The highest BCUT2D eigenvalue weighted by Gasteiger charge is 2.30. The summed E-state index contributed by atoms with van der Waals surface area (Å²) in [6.07, 6.45) is -2.67. The summed E-state index contributed by atoms with van der Waals surface area (Å²) in [5.74, 6) is -0.771. The molecule has 4 aromatic rings. The molecule has 0 atom stereocenters. The van der Waals surface area contributed by atoms with E-state index in [1.165, 1.54) is 24.3 Å². The molecule has 0 fully saturated rings. The smallest absolute Gasteiger partial charge is 0.350 e. The second-order valence-electron chi connectivity index (χ2n) is 6.83. The molecule has 0 saturated heterocycles. The number of aryl methyl sites for hydroxylation is 1. The van der Waals surface area contributed by atoms with E-state index in [0.717, 1.165) is 28.9 Å². The molecule has 160 valence electrons. The van der Waals surface area contributed by atoms with Gasteiger partial charge in [-0.15, -0.1) is 11.3 Å². The van der Waals surface area contributed by atoms with Gasteiger partial charge in [-0.05, 0) is 41.3 Å². The lowest BCUT2D eigenvalue weighted by molar-refractivity contribution is -0.137. The number of hydrogen-bond acceptors (Lipinski definition) is 4. The van der Waals surface area contributed by atoms with Gasteiger partial charge >= 0.3 is 6.18 Å². The van der Waals surface area contributed by atoms with Crippen LogP contribution in [-0.4, -0.2) is 18.9 Å². The molecule has 0 spiro atoms. The molecule has 0 aliphatic rings. The Labute approximate surface area is 179 Å². The van der Waals surface area contributed by atoms with E-state index in [1.54, 1.807) is 41.4 Å². The first-order chi connectivity index (χ1) is 14.6. The van der Waals surface area contributed by atoms with Crippen LogP contribution in [0.15, 0.2) is 70.4 Å². The summed E-state index contributed by atoms with van der Waals surface area (Å²) in [6, 6.07) is 12.5. The summed E-state index contributed by atoms with van der Waals surface area (Å²) in [5.41, 5.74) is 1.34. The first-order valence-corrected chi connectivity index (χ1v) is 11.3. The summed E-state index contributed by atoms with van der Waals surface area (Å²) >= 11 is 0.998. The zero-order valence-electron chi connectivity index (χ0n) is 16.0. The predicted molar refractivity (Wildman–Crippen MR) is 112 cm³/mol. The molecular weight excluding hydrogens is 449 g/mol. The molecule has 0 aliphatic carbocycles. The normalized spacial score (nSPS) is 12.3. The van der Waals surface area contributed by atoms with Crippen LogP contribution in [-0.2, 0) is 23.2 Å². The van der Waals surface area contributed by atoms with Crippen molar-refractivity contribution in [2.45, 2.75) is 10.4 Å². The summed E-state index contributed by atoms with van der Waals surface area (Å²) in [7, 11) is -2.23. The second-order valence-corrected chi connectivity index (χ2v) is 9.68. The Kier molecular flexibility index (Phi) is 5.14. The summed E-state index contributed by atoms with van der Waals surface area (Å²) in [4.78, 5) is 12.5. The number of nitrogens with one attached hydrogen (secondary N) is 1. The Hall–Kier alpha value is -3.11. The molecule has 2 aromatic heterocycles. The molecule has 1 N–H and O–H groups in total. The number of hydrogen-bond donors (Lipinski definition) is 1. The van der Waals surface area contributed by atoms with Gasteiger partial charge in [-0.2, -0.15) is 13.2 Å². The standard InChI is InChI=1S/C21H15F3N2O3S2/c1-26-12-17(13-4-7-15(8-5-13)21(22,23)24)16-9-6-14(11-18(16)26)20(27)25-31(28,29)19-3-2-10-30-19/h2-12H,1H3,(H,25,27). The van der Waals surface area contributed by atoms with Crippen LogP contribution in [0.5, 0.6) is 0 Å². The number of benzene rings is 2. The molecule has 0 bridgehead atoms. The second kappa shape index (κ2) is 7.54. The van der Waals surface area contributed by atoms with Gasteiger partial charge in [0.1, 0.15) is 4.21 Å². The van der Waals surface area contributed by atoms with Crippen molar-refractivity contribution in [2.24, 2.45) is 7.05 Å². The van der Waals surface area contributed by atoms with Crippen molar-refractivity contribution in [3.8, 4) is 11.1 Å². The zero-order chi connectivity index (χ0) is 22.4. The fourth-order valence-corrected chi connectivity index (χ4v) is 5.21. The van der Waals surface area contributed by atoms with Crippen LogP contribution >= 0.6 is 11.3 Å². The van der Waals surface area contributed by atoms with Gasteiger partial charge in [0.25, 0.3) is 15.9 Å². The molecule has 0 saturated carbocycles. The van der Waals surface area contributed by atoms with Gasteiger partial charge < -0.3 is 4.57 Å². The van der Waals surface area contributed by atoms with Crippen LogP contribution in [0.3, 0.4) is 0 Å². The number of halogens is 3. The van der Waals surface area contributed by atoms with E-state index in [0.29, 0.717) is 16.6 Å². The molecule has 10 heteroatoms. The lowest BCUT2D eigenvalue weighted by Crippen LogP contribution is -2.30. The van der Waals surface area contributed by atoms with Gasteiger partial charge in [0, 0.05) is 35.3 Å². The lowest BCUT2D eigenvalue weighted by atomic mass is 10.0. The van der Waals surface area contributed by atoms with E-state index in [9.17, 15) is 26.4 Å². The first kappa shape index (κ1) is 21.1. The van der Waals surface area contributed by atoms with Crippen LogP contribution in [0.25, 0.3) is 22.0 Å². The van der Waals surface area contributed by atoms with E-state index in [2.05, 4.69) is 0 Å². The van der Waals surface area contributed by atoms with Gasteiger partial charge in [-0.3, -0.25) is 4.79 Å². The number of carbonyl (C=O) groups is 1. The molecule has 0 unspecified atom stereocenters. The van der Waals surface area contributed by atoms with E-state index >= 15 is 0 Å². The van der Waals surface area contributed by atoms with Crippen LogP contribution in [0, 0.1) is 0 Å². The average molecular weight is 464 g/mol. The molecule has 31 heavy (non-hydrogen) atoms. The third-order valence-electron chi connectivity index (χ3n) is 4.76. The lowest BCUT2D eigenvalue weighted by Gasteiger charge is -2.08. The fourth-order valence-electron chi connectivity index (χ4n) is 3.24. The molecular formula is C21H15F3N2O3S2. The van der Waals surface area contributed by atoms with Crippen LogP contribution < -0.4 is 4.72 Å². The first-order valence-electron chi connectivity index (χ1n) is 8.93. The minimum Gasteiger partial charge on any atom is -0.350 e. The number of aromatic nitrogens is 1. The molecule has 5 nitrogen and oxygen atoms in total. The number of carbonyl (C=O) groups excluding carboxylic acids is 1. The van der Waals surface area contributed by atoms with Crippen LogP contribution in [0.2, 0.25) is 0 Å². The van der Waals surface area contributed by atoms with E-state index in [1.807, 2.05) is 4.72 Å². The highest BCUT2D eigenvalue weighted by atomic mass is 32.2. The van der Waals surface area contributed by atoms with E-state index in [4.69, 9.17) is 0 Å². The summed E-state index contributed by atoms with van der Waals surface area (Å²) in [5, 5.41) is 2.32. The monoisotopic (exact) mass is 464 g/mol. The number of sulfonamides is 1. The number of amides is 1. The molecule has 1 amide bonds. The molecule has 0 radical (unpaired) electrons. The zero-order valence-corrected chi connectivity index (χ0v) is 17.6. The van der Waals surface area contributed by atoms with Crippen molar-refractivity contribution in [1.29, 1.82) is 0 Å². The van der Waals surface area contributed by atoms with Crippen molar-refractivity contribution >= 4 is 38.2 Å². The maximum atomic E-state index is 12.8. The van der Waals surface area contributed by atoms with E-state index < -0.39 is 27.7 Å². The Morgan fingerprint density at radius 3 is 2.39 bits per heavy atom. The van der Waals surface area contributed by atoms with Gasteiger partial charge in [0.05, 0.1) is 5.56 Å². The molecule has 0 aliphatic heterocycles. The number of rotatable bonds is 4. The van der Waals surface area contributed by atoms with E-state index in [-0.39, 0.29) is 9.77 Å². The Balaban J connectivity index is 1.67. The molecule has 4 rings (SSSR count). The van der Waals surface area contributed by atoms with Crippen molar-refractivity contribution in [1.82, 2.24) is 9.29 Å². The number of nitrogens with zero attached hydrogens (tertiary/aromatic N) is 1. The minimum absolute atomic E-state index is 0.0328. The Morgan fingerprint density at radius 2 is 1.77 bits per heavy atom. The highest BCUT2D eigenvalue weighted by molar-refractivity contribution is 7.92. The summed E-state index contributed by atoms with van der Waals surface area (Å²) < 4.78 is 66.9. The van der Waals surface area contributed by atoms with Gasteiger partial charge in [-0.25, -0.2) is 13.1 Å². The van der Waals surface area contributed by atoms with Crippen molar-refractivity contribution < 1.29 is 26.4 Å².